The minimum Gasteiger partial charge on any atom is -0.276 e. The molecule has 0 saturated heterocycles. The predicted octanol–water partition coefficient (Wildman–Crippen LogP) is 9.00. The second kappa shape index (κ2) is 8.48. The van der Waals surface area contributed by atoms with Crippen LogP contribution >= 0.6 is 47.1 Å². The Balaban J connectivity index is 1.66. The van der Waals surface area contributed by atoms with Crippen LogP contribution in [0.5, 0.6) is 0 Å². The van der Waals surface area contributed by atoms with Crippen molar-refractivity contribution in [2.45, 2.75) is 9.79 Å². The van der Waals surface area contributed by atoms with Crippen LogP contribution in [0.1, 0.15) is 0 Å². The van der Waals surface area contributed by atoms with Crippen molar-refractivity contribution in [2.24, 2.45) is 0 Å². The molecule has 1 heterocycles. The van der Waals surface area contributed by atoms with Gasteiger partial charge in [-0.15, -0.1) is 0 Å². The zero-order valence-corrected chi connectivity index (χ0v) is 18.8. The number of rotatable bonds is 4. The number of hydrogen-bond donors (Lipinski definition) is 0. The number of hydrogen-bond acceptors (Lipinski definition) is 4. The molecule has 0 amide bonds. The van der Waals surface area contributed by atoms with E-state index in [1.54, 1.807) is 23.9 Å². The zero-order chi connectivity index (χ0) is 20.5. The first-order valence-corrected chi connectivity index (χ1v) is 11.6. The van der Waals surface area contributed by atoms with Crippen molar-refractivity contribution in [3.63, 3.8) is 0 Å². The lowest BCUT2D eigenvalue weighted by molar-refractivity contribution is 1.29. The van der Waals surface area contributed by atoms with E-state index in [2.05, 4.69) is 45.0 Å². The molecule has 4 aromatic rings. The van der Waals surface area contributed by atoms with Gasteiger partial charge in [-0.05, 0) is 84.6 Å². The third-order valence-corrected chi connectivity index (χ3v) is 7.22. The summed E-state index contributed by atoms with van der Waals surface area (Å²) in [5.41, 5.74) is 4.20. The molecular weight excluding hydrogens is 451 g/mol. The highest BCUT2D eigenvalue weighted by Crippen LogP contribution is 2.56. The Bertz CT molecular complexity index is 1090. The lowest BCUT2D eigenvalue weighted by atomic mass is 10.1. The highest BCUT2D eigenvalue weighted by Gasteiger charge is 2.30. The number of anilines is 4. The van der Waals surface area contributed by atoms with Gasteiger partial charge in [0.05, 0.1) is 22.7 Å². The summed E-state index contributed by atoms with van der Waals surface area (Å²) in [6.45, 7) is 0. The van der Waals surface area contributed by atoms with Crippen LogP contribution in [0.3, 0.4) is 0 Å². The highest BCUT2D eigenvalue weighted by atomic mass is 35.5. The van der Waals surface area contributed by atoms with Crippen LogP contribution in [0.2, 0.25) is 10.0 Å². The third kappa shape index (κ3) is 3.88. The molecule has 0 aromatic heterocycles. The van der Waals surface area contributed by atoms with E-state index >= 15 is 0 Å². The van der Waals surface area contributed by atoms with Crippen LogP contribution in [-0.4, -0.2) is 0 Å². The van der Waals surface area contributed by atoms with Crippen molar-refractivity contribution in [3.05, 3.63) is 107 Å². The van der Waals surface area contributed by atoms with Gasteiger partial charge in [0.1, 0.15) is 0 Å². The first kappa shape index (κ1) is 19.7. The molecule has 30 heavy (non-hydrogen) atoms. The second-order valence-electron chi connectivity index (χ2n) is 6.66. The normalized spacial score (nSPS) is 12.5. The predicted molar refractivity (Wildman–Crippen MR) is 132 cm³/mol. The van der Waals surface area contributed by atoms with Crippen LogP contribution in [0.15, 0.2) is 107 Å². The van der Waals surface area contributed by atoms with E-state index in [0.29, 0.717) is 10.0 Å². The molecule has 1 aliphatic heterocycles. The first-order valence-electron chi connectivity index (χ1n) is 9.34. The van der Waals surface area contributed by atoms with E-state index < -0.39 is 0 Å². The maximum atomic E-state index is 6.42. The van der Waals surface area contributed by atoms with Crippen LogP contribution in [0.25, 0.3) is 0 Å². The van der Waals surface area contributed by atoms with Gasteiger partial charge < -0.3 is 0 Å². The van der Waals surface area contributed by atoms with Gasteiger partial charge >= 0.3 is 0 Å². The van der Waals surface area contributed by atoms with E-state index in [9.17, 15) is 0 Å². The Morgan fingerprint density at radius 2 is 0.867 bits per heavy atom. The summed E-state index contributed by atoms with van der Waals surface area (Å²) in [5.74, 6) is 0. The Hall–Kier alpha value is -2.24. The van der Waals surface area contributed by atoms with Crippen LogP contribution in [0.4, 0.5) is 22.7 Å². The van der Waals surface area contributed by atoms with Crippen molar-refractivity contribution < 1.29 is 0 Å². The zero-order valence-electron chi connectivity index (χ0n) is 15.7. The Morgan fingerprint density at radius 3 is 1.27 bits per heavy atom. The SMILES string of the molecule is Clc1ccc2c(c1)N(Sc1ccccc1)c1ccc(Cl)cc1N2Sc1ccccc1. The molecule has 1 aliphatic rings. The van der Waals surface area contributed by atoms with Crippen LogP contribution in [-0.2, 0) is 0 Å². The minimum atomic E-state index is 0.703. The largest absolute Gasteiger partial charge is 0.276 e. The Kier molecular flexibility index (Phi) is 5.57. The molecule has 0 N–H and O–H groups in total. The maximum Gasteiger partial charge on any atom is 0.0790 e. The van der Waals surface area contributed by atoms with E-state index in [1.807, 2.05) is 60.7 Å². The summed E-state index contributed by atoms with van der Waals surface area (Å²) in [6, 6.07) is 32.7. The quantitative estimate of drug-likeness (QED) is 0.276. The Labute approximate surface area is 194 Å². The summed E-state index contributed by atoms with van der Waals surface area (Å²) in [4.78, 5) is 2.29. The topological polar surface area (TPSA) is 6.48 Å². The number of halogens is 2. The number of fused-ring (bicyclic) bond motifs is 2. The maximum absolute atomic E-state index is 6.42. The fourth-order valence-electron chi connectivity index (χ4n) is 3.29. The highest BCUT2D eigenvalue weighted by molar-refractivity contribution is 8.01. The standard InChI is InChI=1S/C24H16Cl2N2S2/c25-17-12-14-22-23(15-17)27(29-19-7-3-1-4-8-19)21-13-11-18(26)16-24(21)28(22)30-20-9-5-2-6-10-20/h1-16H. The van der Waals surface area contributed by atoms with Crippen molar-refractivity contribution in [3.8, 4) is 0 Å². The van der Waals surface area contributed by atoms with Crippen molar-refractivity contribution in [1.82, 2.24) is 0 Å². The average molecular weight is 467 g/mol. The van der Waals surface area contributed by atoms with E-state index in [0.717, 1.165) is 32.5 Å². The second-order valence-corrected chi connectivity index (χ2v) is 9.57. The molecule has 5 rings (SSSR count). The van der Waals surface area contributed by atoms with Gasteiger partial charge in [-0.2, -0.15) is 0 Å². The molecule has 0 fully saturated rings. The number of nitrogens with zero attached hydrogens (tertiary/aromatic N) is 2. The van der Waals surface area contributed by atoms with E-state index in [4.69, 9.17) is 23.2 Å². The third-order valence-electron chi connectivity index (χ3n) is 4.63. The molecule has 0 spiro atoms. The summed E-state index contributed by atoms with van der Waals surface area (Å²) in [5, 5.41) is 1.41. The lowest BCUT2D eigenvalue weighted by Gasteiger charge is -2.38. The fourth-order valence-corrected chi connectivity index (χ4v) is 5.60. The van der Waals surface area contributed by atoms with Gasteiger partial charge in [-0.25, -0.2) is 0 Å². The van der Waals surface area contributed by atoms with Gasteiger partial charge in [0.2, 0.25) is 0 Å². The number of benzene rings is 4. The summed E-state index contributed by atoms with van der Waals surface area (Å²) in [6.07, 6.45) is 0. The fraction of sp³-hybridized carbons (Fsp3) is 0. The molecular formula is C24H16Cl2N2S2. The van der Waals surface area contributed by atoms with Crippen LogP contribution in [0, 0.1) is 0 Å². The van der Waals surface area contributed by atoms with E-state index in [1.165, 1.54) is 0 Å². The van der Waals surface area contributed by atoms with Gasteiger partial charge in [-0.3, -0.25) is 8.61 Å². The molecule has 6 heteroatoms. The Morgan fingerprint density at radius 1 is 0.467 bits per heavy atom. The van der Waals surface area contributed by atoms with E-state index in [-0.39, 0.29) is 0 Å². The van der Waals surface area contributed by atoms with Gasteiger partial charge in [0, 0.05) is 19.8 Å². The molecule has 0 bridgehead atoms. The van der Waals surface area contributed by atoms with Gasteiger partial charge in [0.15, 0.2) is 0 Å². The smallest absolute Gasteiger partial charge is 0.0790 e. The molecule has 0 aliphatic carbocycles. The summed E-state index contributed by atoms with van der Waals surface area (Å²) in [7, 11) is 0. The molecule has 0 radical (unpaired) electrons. The molecule has 0 saturated carbocycles. The molecule has 2 nitrogen and oxygen atoms in total. The molecule has 0 atom stereocenters. The van der Waals surface area contributed by atoms with Crippen molar-refractivity contribution >= 4 is 69.8 Å². The molecule has 4 aromatic carbocycles. The monoisotopic (exact) mass is 466 g/mol. The van der Waals surface area contributed by atoms with Crippen molar-refractivity contribution in [2.75, 3.05) is 8.61 Å². The minimum absolute atomic E-state index is 0.703. The van der Waals surface area contributed by atoms with Crippen molar-refractivity contribution in [1.29, 1.82) is 0 Å². The summed E-state index contributed by atoms with van der Waals surface area (Å²) < 4.78 is 4.45. The van der Waals surface area contributed by atoms with Gasteiger partial charge in [-0.1, -0.05) is 59.6 Å². The molecule has 148 valence electrons. The first-order chi connectivity index (χ1) is 14.7. The van der Waals surface area contributed by atoms with Crippen LogP contribution < -0.4 is 8.61 Å². The lowest BCUT2D eigenvalue weighted by Crippen LogP contribution is -2.21. The van der Waals surface area contributed by atoms with Gasteiger partial charge in [0.25, 0.3) is 0 Å². The average Bonchev–Trinajstić information content (AvgIpc) is 2.77. The molecule has 0 unspecified atom stereocenters. The summed E-state index contributed by atoms with van der Waals surface area (Å²) >= 11 is 16.2.